The van der Waals surface area contributed by atoms with Gasteiger partial charge in [0.2, 0.25) is 0 Å². The largest absolute Gasteiger partial charge is 0.316 e. The van der Waals surface area contributed by atoms with Crippen molar-refractivity contribution in [2.75, 3.05) is 13.1 Å². The maximum atomic E-state index is 3.51. The SMILES string of the molecule is Brc1cccc(C2CCCNC2)c1.Cl. The highest BCUT2D eigenvalue weighted by atomic mass is 79.9. The number of nitrogens with one attached hydrogen (secondary N) is 1. The Morgan fingerprint density at radius 2 is 2.21 bits per heavy atom. The van der Waals surface area contributed by atoms with Gasteiger partial charge in [0.15, 0.2) is 0 Å². The first-order valence-electron chi connectivity index (χ1n) is 4.82. The van der Waals surface area contributed by atoms with Crippen molar-refractivity contribution in [3.05, 3.63) is 34.3 Å². The van der Waals surface area contributed by atoms with Crippen molar-refractivity contribution in [3.8, 4) is 0 Å². The van der Waals surface area contributed by atoms with Crippen LogP contribution in [0.25, 0.3) is 0 Å². The van der Waals surface area contributed by atoms with Crippen molar-refractivity contribution >= 4 is 28.3 Å². The summed E-state index contributed by atoms with van der Waals surface area (Å²) in [4.78, 5) is 0. The summed E-state index contributed by atoms with van der Waals surface area (Å²) in [6.07, 6.45) is 2.63. The van der Waals surface area contributed by atoms with E-state index in [0.717, 1.165) is 6.54 Å². The van der Waals surface area contributed by atoms with E-state index in [0.29, 0.717) is 5.92 Å². The minimum Gasteiger partial charge on any atom is -0.316 e. The maximum absolute atomic E-state index is 3.51. The standard InChI is InChI=1S/C11H14BrN.ClH/c12-11-5-1-3-9(7-11)10-4-2-6-13-8-10;/h1,3,5,7,10,13H,2,4,6,8H2;1H. The normalized spacial score (nSPS) is 21.4. The number of hydrogen-bond acceptors (Lipinski definition) is 1. The van der Waals surface area contributed by atoms with Gasteiger partial charge in [0.25, 0.3) is 0 Å². The van der Waals surface area contributed by atoms with E-state index in [1.165, 1.54) is 29.4 Å². The highest BCUT2D eigenvalue weighted by Crippen LogP contribution is 2.25. The average molecular weight is 277 g/mol. The van der Waals surface area contributed by atoms with E-state index in [1.54, 1.807) is 0 Å². The third kappa shape index (κ3) is 2.97. The minimum atomic E-state index is 0. The van der Waals surface area contributed by atoms with Gasteiger partial charge < -0.3 is 5.32 Å². The molecule has 1 aliphatic rings. The lowest BCUT2D eigenvalue weighted by molar-refractivity contribution is 0.461. The molecule has 0 radical (unpaired) electrons. The van der Waals surface area contributed by atoms with E-state index in [1.807, 2.05) is 0 Å². The summed E-state index contributed by atoms with van der Waals surface area (Å²) in [7, 11) is 0. The fourth-order valence-electron chi connectivity index (χ4n) is 1.90. The van der Waals surface area contributed by atoms with Gasteiger partial charge in [-0.05, 0) is 43.0 Å². The molecule has 0 aliphatic carbocycles. The number of piperidine rings is 1. The first-order chi connectivity index (χ1) is 6.36. The molecular weight excluding hydrogens is 261 g/mol. The summed E-state index contributed by atoms with van der Waals surface area (Å²) < 4.78 is 1.19. The molecule has 0 amide bonds. The van der Waals surface area contributed by atoms with Crippen LogP contribution in [0.15, 0.2) is 28.7 Å². The molecule has 1 heterocycles. The number of hydrogen-bond donors (Lipinski definition) is 1. The van der Waals surface area contributed by atoms with Crippen LogP contribution in [-0.4, -0.2) is 13.1 Å². The van der Waals surface area contributed by atoms with E-state index < -0.39 is 0 Å². The molecule has 1 aromatic carbocycles. The van der Waals surface area contributed by atoms with Crippen LogP contribution in [0.2, 0.25) is 0 Å². The molecule has 1 N–H and O–H groups in total. The van der Waals surface area contributed by atoms with Crippen LogP contribution in [0.1, 0.15) is 24.3 Å². The van der Waals surface area contributed by atoms with E-state index in [9.17, 15) is 0 Å². The minimum absolute atomic E-state index is 0. The zero-order chi connectivity index (χ0) is 9.10. The Balaban J connectivity index is 0.000000980. The second-order valence-corrected chi connectivity index (χ2v) is 4.51. The fraction of sp³-hybridized carbons (Fsp3) is 0.455. The van der Waals surface area contributed by atoms with Crippen molar-refractivity contribution in [1.82, 2.24) is 5.32 Å². The Kier molecular flexibility index (Phi) is 4.93. The molecule has 0 aromatic heterocycles. The lowest BCUT2D eigenvalue weighted by atomic mass is 9.92. The van der Waals surface area contributed by atoms with Crippen LogP contribution in [0, 0.1) is 0 Å². The first-order valence-corrected chi connectivity index (χ1v) is 5.62. The molecule has 1 fully saturated rings. The summed E-state index contributed by atoms with van der Waals surface area (Å²) in [5, 5.41) is 3.44. The molecule has 3 heteroatoms. The third-order valence-corrected chi connectivity index (χ3v) is 3.11. The van der Waals surface area contributed by atoms with Gasteiger partial charge in [0.1, 0.15) is 0 Å². The topological polar surface area (TPSA) is 12.0 Å². The summed E-state index contributed by atoms with van der Waals surface area (Å²) in [5.41, 5.74) is 1.46. The Morgan fingerprint density at radius 1 is 1.36 bits per heavy atom. The highest BCUT2D eigenvalue weighted by molar-refractivity contribution is 9.10. The Hall–Kier alpha value is -0.0500. The molecule has 1 aromatic rings. The Morgan fingerprint density at radius 3 is 2.86 bits per heavy atom. The first kappa shape index (κ1) is 12.0. The van der Waals surface area contributed by atoms with Crippen molar-refractivity contribution in [2.45, 2.75) is 18.8 Å². The Bertz CT molecular complexity index is 284. The van der Waals surface area contributed by atoms with Crippen LogP contribution in [0.5, 0.6) is 0 Å². The van der Waals surface area contributed by atoms with Crippen LogP contribution in [-0.2, 0) is 0 Å². The molecule has 0 spiro atoms. The molecule has 14 heavy (non-hydrogen) atoms. The van der Waals surface area contributed by atoms with Gasteiger partial charge in [-0.3, -0.25) is 0 Å². The van der Waals surface area contributed by atoms with Gasteiger partial charge in [-0.2, -0.15) is 0 Å². The summed E-state index contributed by atoms with van der Waals surface area (Å²) in [5.74, 6) is 0.714. The van der Waals surface area contributed by atoms with Crippen LogP contribution >= 0.6 is 28.3 Å². The predicted octanol–water partition coefficient (Wildman–Crippen LogP) is 3.34. The second-order valence-electron chi connectivity index (χ2n) is 3.60. The van der Waals surface area contributed by atoms with Gasteiger partial charge in [-0.15, -0.1) is 12.4 Å². The lowest BCUT2D eigenvalue weighted by Crippen LogP contribution is -2.28. The van der Waals surface area contributed by atoms with Gasteiger partial charge in [-0.25, -0.2) is 0 Å². The average Bonchev–Trinajstić information content (AvgIpc) is 2.19. The van der Waals surface area contributed by atoms with Crippen LogP contribution < -0.4 is 5.32 Å². The molecule has 0 saturated carbocycles. The highest BCUT2D eigenvalue weighted by Gasteiger charge is 2.14. The molecule has 1 unspecified atom stereocenters. The maximum Gasteiger partial charge on any atom is 0.0178 e. The van der Waals surface area contributed by atoms with Crippen molar-refractivity contribution in [3.63, 3.8) is 0 Å². The smallest absolute Gasteiger partial charge is 0.0178 e. The van der Waals surface area contributed by atoms with Crippen molar-refractivity contribution < 1.29 is 0 Å². The summed E-state index contributed by atoms with van der Waals surface area (Å²) in [6.45, 7) is 2.32. The van der Waals surface area contributed by atoms with Gasteiger partial charge >= 0.3 is 0 Å². The van der Waals surface area contributed by atoms with E-state index in [4.69, 9.17) is 0 Å². The predicted molar refractivity (Wildman–Crippen MR) is 66.2 cm³/mol. The van der Waals surface area contributed by atoms with E-state index in [-0.39, 0.29) is 12.4 Å². The molecule has 1 aliphatic heterocycles. The van der Waals surface area contributed by atoms with Crippen molar-refractivity contribution in [1.29, 1.82) is 0 Å². The summed E-state index contributed by atoms with van der Waals surface area (Å²) in [6, 6.07) is 8.66. The number of benzene rings is 1. The van der Waals surface area contributed by atoms with E-state index >= 15 is 0 Å². The number of halogens is 2. The molecule has 1 nitrogen and oxygen atoms in total. The summed E-state index contributed by atoms with van der Waals surface area (Å²) >= 11 is 3.51. The van der Waals surface area contributed by atoms with Gasteiger partial charge in [0, 0.05) is 11.0 Å². The monoisotopic (exact) mass is 275 g/mol. The molecular formula is C11H15BrClN. The van der Waals surface area contributed by atoms with Gasteiger partial charge in [-0.1, -0.05) is 28.1 Å². The van der Waals surface area contributed by atoms with E-state index in [2.05, 4.69) is 45.5 Å². The molecule has 2 rings (SSSR count). The molecule has 1 atom stereocenters. The zero-order valence-electron chi connectivity index (χ0n) is 8.00. The quantitative estimate of drug-likeness (QED) is 0.829. The molecule has 1 saturated heterocycles. The fourth-order valence-corrected chi connectivity index (χ4v) is 2.31. The molecule has 78 valence electrons. The lowest BCUT2D eigenvalue weighted by Gasteiger charge is -2.23. The Labute approximate surface area is 99.8 Å². The van der Waals surface area contributed by atoms with Crippen LogP contribution in [0.4, 0.5) is 0 Å². The zero-order valence-corrected chi connectivity index (χ0v) is 10.4. The van der Waals surface area contributed by atoms with Crippen molar-refractivity contribution in [2.24, 2.45) is 0 Å². The third-order valence-electron chi connectivity index (χ3n) is 2.62. The second kappa shape index (κ2) is 5.74. The van der Waals surface area contributed by atoms with Gasteiger partial charge in [0.05, 0.1) is 0 Å². The molecule has 0 bridgehead atoms. The number of rotatable bonds is 1. The van der Waals surface area contributed by atoms with Crippen LogP contribution in [0.3, 0.4) is 0 Å².